The fourth-order valence-corrected chi connectivity index (χ4v) is 5.68. The van der Waals surface area contributed by atoms with Crippen LogP contribution >= 0.6 is 27.5 Å². The summed E-state index contributed by atoms with van der Waals surface area (Å²) in [4.78, 5) is 0. The number of hydrogen-bond acceptors (Lipinski definition) is 0. The van der Waals surface area contributed by atoms with Crippen LogP contribution in [-0.4, -0.2) is 4.32 Å². The second-order valence-electron chi connectivity index (χ2n) is 4.27. The lowest BCUT2D eigenvalue weighted by atomic mass is 9.28. The minimum absolute atomic E-state index is 0.351. The molecule has 2 atom stereocenters. The zero-order valence-corrected chi connectivity index (χ0v) is 8.58. The van der Waals surface area contributed by atoms with Crippen LogP contribution in [0.15, 0.2) is 0 Å². The molecule has 0 aliphatic heterocycles. The van der Waals surface area contributed by atoms with Gasteiger partial charge in [0.05, 0.1) is 5.88 Å². The number of rotatable bonds is 1. The van der Waals surface area contributed by atoms with Gasteiger partial charge in [0, 0.05) is 9.74 Å². The van der Waals surface area contributed by atoms with Crippen LogP contribution in [0.4, 0.5) is 0 Å². The van der Waals surface area contributed by atoms with Gasteiger partial charge >= 0.3 is 0 Å². The van der Waals surface area contributed by atoms with Crippen LogP contribution in [0, 0.1) is 23.1 Å². The maximum Gasteiger partial charge on any atom is 0.0938 e. The lowest BCUT2D eigenvalue weighted by Crippen LogP contribution is -2.80. The van der Waals surface area contributed by atoms with Crippen molar-refractivity contribution in [1.82, 2.24) is 0 Å². The zero-order chi connectivity index (χ0) is 7.69. The molecule has 0 heterocycles. The van der Waals surface area contributed by atoms with Crippen LogP contribution in [-0.2, 0) is 0 Å². The Kier molecular flexibility index (Phi) is 1.19. The Hall–Kier alpha value is 0.770. The third-order valence-corrected chi connectivity index (χ3v) is 5.86. The highest BCUT2D eigenvalue weighted by Gasteiger charge is 2.81. The Balaban J connectivity index is 1.95. The third-order valence-electron chi connectivity index (χ3n) is 4.13. The van der Waals surface area contributed by atoms with Crippen molar-refractivity contribution in [3.63, 3.8) is 0 Å². The monoisotopic (exact) mass is 232 g/mol. The molecule has 4 aliphatic rings. The Labute approximate surface area is 80.8 Å². The van der Waals surface area contributed by atoms with Crippen LogP contribution in [0.2, 0.25) is 0 Å². The van der Waals surface area contributed by atoms with Gasteiger partial charge in [-0.3, -0.25) is 0 Å². The average Bonchev–Trinajstić information content (AvgIpc) is 2.01. The van der Waals surface area contributed by atoms with Gasteiger partial charge in [-0.15, -0.1) is 11.6 Å². The van der Waals surface area contributed by atoms with Crippen molar-refractivity contribution in [3.8, 4) is 0 Å². The molecule has 2 radical (unpaired) electrons. The number of halogens is 2. The van der Waals surface area contributed by atoms with Gasteiger partial charge in [-0.2, -0.15) is 0 Å². The fourth-order valence-electron chi connectivity index (χ4n) is 3.61. The largest absolute Gasteiger partial charge is 0.115 e. The molecule has 0 aromatic heterocycles. The Morgan fingerprint density at radius 1 is 1.36 bits per heavy atom. The van der Waals surface area contributed by atoms with Crippen molar-refractivity contribution in [2.24, 2.45) is 17.3 Å². The second-order valence-corrected chi connectivity index (χ2v) is 5.94. The molecular weight excluding hydrogens is 223 g/mol. The van der Waals surface area contributed by atoms with Gasteiger partial charge in [-0.25, -0.2) is 0 Å². The quantitative estimate of drug-likeness (QED) is 0.610. The van der Waals surface area contributed by atoms with E-state index >= 15 is 0 Å². The molecule has 2 unspecified atom stereocenters. The summed E-state index contributed by atoms with van der Waals surface area (Å²) in [5.41, 5.74) is 0.351. The summed E-state index contributed by atoms with van der Waals surface area (Å²) in [5.74, 6) is 4.66. The van der Waals surface area contributed by atoms with Crippen molar-refractivity contribution in [2.75, 3.05) is 0 Å². The molecule has 0 saturated heterocycles. The summed E-state index contributed by atoms with van der Waals surface area (Å²) in [7, 11) is 0. The molecule has 0 amide bonds. The van der Waals surface area contributed by atoms with Crippen LogP contribution in [0.25, 0.3) is 0 Å². The van der Waals surface area contributed by atoms with Crippen LogP contribution < -0.4 is 0 Å². The van der Waals surface area contributed by atoms with E-state index in [9.17, 15) is 0 Å². The highest BCUT2D eigenvalue weighted by molar-refractivity contribution is 9.10. The average molecular weight is 234 g/mol. The molecule has 0 N–H and O–H groups in total. The fraction of sp³-hybridized carbons (Fsp3) is 0.889. The lowest BCUT2D eigenvalue weighted by molar-refractivity contribution is -0.227. The van der Waals surface area contributed by atoms with Crippen LogP contribution in [0.3, 0.4) is 0 Å². The zero-order valence-electron chi connectivity index (χ0n) is 6.24. The summed E-state index contributed by atoms with van der Waals surface area (Å²) in [6.07, 6.45) is 5.38. The van der Waals surface area contributed by atoms with E-state index in [1.165, 1.54) is 25.7 Å². The molecule has 0 aromatic carbocycles. The molecule has 2 heteroatoms. The predicted molar refractivity (Wildman–Crippen MR) is 48.6 cm³/mol. The first kappa shape index (κ1) is 7.20. The van der Waals surface area contributed by atoms with E-state index in [1.807, 2.05) is 0 Å². The first-order chi connectivity index (χ1) is 5.24. The van der Waals surface area contributed by atoms with E-state index in [2.05, 4.69) is 21.8 Å². The van der Waals surface area contributed by atoms with Gasteiger partial charge in [0.1, 0.15) is 0 Å². The van der Waals surface area contributed by atoms with Gasteiger partial charge in [-0.05, 0) is 31.1 Å². The van der Waals surface area contributed by atoms with Crippen molar-refractivity contribution < 1.29 is 0 Å². The van der Waals surface area contributed by atoms with E-state index in [4.69, 9.17) is 11.6 Å². The Morgan fingerprint density at radius 3 is 2.36 bits per heavy atom. The van der Waals surface area contributed by atoms with E-state index in [0.717, 1.165) is 11.8 Å². The number of hydrogen-bond donors (Lipinski definition) is 0. The maximum absolute atomic E-state index is 5.78. The van der Waals surface area contributed by atoms with Crippen molar-refractivity contribution in [1.29, 1.82) is 0 Å². The smallest absolute Gasteiger partial charge is 0.0938 e. The summed E-state index contributed by atoms with van der Waals surface area (Å²) in [5, 5.41) is 0. The highest BCUT2D eigenvalue weighted by atomic mass is 79.9. The minimum Gasteiger partial charge on any atom is -0.115 e. The number of alkyl halides is 1. The first-order valence-corrected chi connectivity index (χ1v) is 5.48. The van der Waals surface area contributed by atoms with E-state index in [0.29, 0.717) is 9.74 Å². The van der Waals surface area contributed by atoms with Gasteiger partial charge < -0.3 is 0 Å². The molecule has 0 aromatic rings. The summed E-state index contributed by atoms with van der Waals surface area (Å²) in [6, 6.07) is 0. The van der Waals surface area contributed by atoms with Gasteiger partial charge in [-0.1, -0.05) is 22.4 Å². The highest BCUT2D eigenvalue weighted by Crippen LogP contribution is 2.84. The molecular formula is C9H10BrCl. The molecule has 0 nitrogen and oxygen atoms in total. The molecule has 11 heavy (non-hydrogen) atoms. The van der Waals surface area contributed by atoms with E-state index < -0.39 is 0 Å². The molecule has 0 spiro atoms. The minimum atomic E-state index is 0.351. The second kappa shape index (κ2) is 1.82. The van der Waals surface area contributed by atoms with Crippen molar-refractivity contribution in [3.05, 3.63) is 5.88 Å². The van der Waals surface area contributed by atoms with Gasteiger partial charge in [0.2, 0.25) is 0 Å². The molecule has 4 saturated carbocycles. The Morgan fingerprint density at radius 2 is 2.00 bits per heavy atom. The SMILES string of the molecule is Cl[C]C12CC3(Br)C1CCCC32. The molecule has 4 bridgehead atoms. The normalized spacial score (nSPS) is 64.9. The van der Waals surface area contributed by atoms with Crippen molar-refractivity contribution in [2.45, 2.75) is 30.0 Å². The van der Waals surface area contributed by atoms with E-state index in [-0.39, 0.29) is 0 Å². The van der Waals surface area contributed by atoms with Crippen LogP contribution in [0.1, 0.15) is 25.7 Å². The maximum atomic E-state index is 5.78. The van der Waals surface area contributed by atoms with Crippen molar-refractivity contribution >= 4 is 27.5 Å². The topological polar surface area (TPSA) is 0 Å². The van der Waals surface area contributed by atoms with Crippen LogP contribution in [0.5, 0.6) is 0 Å². The first-order valence-electron chi connectivity index (χ1n) is 4.31. The molecule has 4 aliphatic carbocycles. The predicted octanol–water partition coefficient (Wildman–Crippen LogP) is 3.22. The summed E-state index contributed by atoms with van der Waals surface area (Å²) in [6.45, 7) is 0. The third kappa shape index (κ3) is 0.524. The Bertz CT molecular complexity index is 202. The van der Waals surface area contributed by atoms with E-state index in [1.54, 1.807) is 0 Å². The molecule has 60 valence electrons. The van der Waals surface area contributed by atoms with Gasteiger partial charge in [0.25, 0.3) is 0 Å². The summed E-state index contributed by atoms with van der Waals surface area (Å²) >= 11 is 9.63. The standard InChI is InChI=1S/C9H10BrCl/c10-9-4-8(5-11)6(9)2-1-3-7(8)9/h6-7H,1-4H2. The lowest BCUT2D eigenvalue weighted by Gasteiger charge is -2.81. The summed E-state index contributed by atoms with van der Waals surface area (Å²) < 4.78 is 0.507. The molecule has 4 rings (SSSR count). The van der Waals surface area contributed by atoms with Gasteiger partial charge in [0.15, 0.2) is 0 Å². The molecule has 4 fully saturated rings.